The lowest BCUT2D eigenvalue weighted by molar-refractivity contribution is -0.124. The molecule has 6 nitrogen and oxygen atoms in total. The number of likely N-dealkylation sites (tertiary alicyclic amines) is 1. The van der Waals surface area contributed by atoms with E-state index >= 15 is 0 Å². The molecule has 2 N–H and O–H groups in total. The summed E-state index contributed by atoms with van der Waals surface area (Å²) in [6, 6.07) is 7.92. The molecule has 0 aromatic heterocycles. The van der Waals surface area contributed by atoms with Gasteiger partial charge in [-0.2, -0.15) is 0 Å². The van der Waals surface area contributed by atoms with Crippen molar-refractivity contribution < 1.29 is 19.4 Å². The molecule has 0 bridgehead atoms. The molecule has 2 aliphatic heterocycles. The molecule has 138 valence electrons. The lowest BCUT2D eigenvalue weighted by Crippen LogP contribution is -2.48. The van der Waals surface area contributed by atoms with Crippen LogP contribution in [0.3, 0.4) is 0 Å². The van der Waals surface area contributed by atoms with E-state index in [-0.39, 0.29) is 24.0 Å². The quantitative estimate of drug-likeness (QED) is 0.808. The number of hydrogen-bond donors (Lipinski definition) is 2. The van der Waals surface area contributed by atoms with Crippen molar-refractivity contribution in [1.82, 2.24) is 10.2 Å². The maximum Gasteiger partial charge on any atom is 0.234 e. The molecule has 3 rings (SSSR count). The van der Waals surface area contributed by atoms with Crippen LogP contribution in [0.5, 0.6) is 5.75 Å². The van der Waals surface area contributed by atoms with Gasteiger partial charge in [-0.1, -0.05) is 18.2 Å². The van der Waals surface area contributed by atoms with Crippen LogP contribution in [0.2, 0.25) is 0 Å². The molecule has 25 heavy (non-hydrogen) atoms. The first-order valence-corrected chi connectivity index (χ1v) is 9.07. The Morgan fingerprint density at radius 1 is 1.40 bits per heavy atom. The molecule has 1 amide bonds. The minimum absolute atomic E-state index is 0.00373. The Morgan fingerprint density at radius 2 is 2.24 bits per heavy atom. The van der Waals surface area contributed by atoms with Crippen LogP contribution >= 0.6 is 0 Å². The van der Waals surface area contributed by atoms with E-state index in [0.29, 0.717) is 32.7 Å². The summed E-state index contributed by atoms with van der Waals surface area (Å²) in [7, 11) is 1.63. The predicted octanol–water partition coefficient (Wildman–Crippen LogP) is 1.17. The van der Waals surface area contributed by atoms with Gasteiger partial charge in [0, 0.05) is 30.7 Å². The lowest BCUT2D eigenvalue weighted by atomic mass is 9.89. The predicted molar refractivity (Wildman–Crippen MR) is 94.4 cm³/mol. The Bertz CT molecular complexity index is 580. The number of carbonyl (C=O) groups excluding carboxylic acids is 1. The Labute approximate surface area is 149 Å². The molecule has 1 aromatic rings. The van der Waals surface area contributed by atoms with Crippen LogP contribution in [0, 0.1) is 5.92 Å². The van der Waals surface area contributed by atoms with Crippen LogP contribution in [0.15, 0.2) is 24.3 Å². The second-order valence-electron chi connectivity index (χ2n) is 6.86. The molecule has 0 saturated carbocycles. The molecule has 2 fully saturated rings. The molecular weight excluding hydrogens is 320 g/mol. The van der Waals surface area contributed by atoms with Crippen LogP contribution in [0.1, 0.15) is 24.8 Å². The standard InChI is InChI=1S/C19H28N2O4/c1-24-18-7-3-2-5-14(18)11-20-19(23)12-21-9-4-6-16(21)15-13-25-10-8-17(15)22/h2-3,5,7,15-17,22H,4,6,8-13H2,1H3,(H,20,23)/t15-,16+,17-/m0/s1. The molecule has 0 unspecified atom stereocenters. The average molecular weight is 348 g/mol. The van der Waals surface area contributed by atoms with Gasteiger partial charge in [-0.15, -0.1) is 0 Å². The Hall–Kier alpha value is -1.63. The van der Waals surface area contributed by atoms with Crippen molar-refractivity contribution in [2.75, 3.05) is 33.4 Å². The highest BCUT2D eigenvalue weighted by Gasteiger charge is 2.38. The van der Waals surface area contributed by atoms with Gasteiger partial charge < -0.3 is 19.9 Å². The van der Waals surface area contributed by atoms with Crippen LogP contribution < -0.4 is 10.1 Å². The highest BCUT2D eigenvalue weighted by Crippen LogP contribution is 2.29. The molecule has 2 aliphatic rings. The van der Waals surface area contributed by atoms with Crippen molar-refractivity contribution >= 4 is 5.91 Å². The highest BCUT2D eigenvalue weighted by molar-refractivity contribution is 5.78. The van der Waals surface area contributed by atoms with Crippen molar-refractivity contribution in [3.63, 3.8) is 0 Å². The number of nitrogens with zero attached hydrogens (tertiary/aromatic N) is 1. The van der Waals surface area contributed by atoms with E-state index in [0.717, 1.165) is 30.7 Å². The number of rotatable bonds is 6. The minimum Gasteiger partial charge on any atom is -0.496 e. The van der Waals surface area contributed by atoms with Crippen LogP contribution in [-0.2, 0) is 16.1 Å². The summed E-state index contributed by atoms with van der Waals surface area (Å²) in [4.78, 5) is 14.6. The third-order valence-corrected chi connectivity index (χ3v) is 5.29. The van der Waals surface area contributed by atoms with Crippen molar-refractivity contribution in [3.05, 3.63) is 29.8 Å². The average Bonchev–Trinajstić information content (AvgIpc) is 3.08. The number of nitrogens with one attached hydrogen (secondary N) is 1. The zero-order valence-corrected chi connectivity index (χ0v) is 14.8. The van der Waals surface area contributed by atoms with E-state index in [9.17, 15) is 9.90 Å². The molecule has 6 heteroatoms. The number of amides is 1. The fourth-order valence-corrected chi connectivity index (χ4v) is 3.93. The van der Waals surface area contributed by atoms with Gasteiger partial charge in [0.25, 0.3) is 0 Å². The van der Waals surface area contributed by atoms with Gasteiger partial charge in [0.1, 0.15) is 5.75 Å². The lowest BCUT2D eigenvalue weighted by Gasteiger charge is -2.36. The molecule has 3 atom stereocenters. The molecule has 1 aromatic carbocycles. The summed E-state index contributed by atoms with van der Waals surface area (Å²) < 4.78 is 10.9. The largest absolute Gasteiger partial charge is 0.496 e. The molecular formula is C19H28N2O4. The third-order valence-electron chi connectivity index (χ3n) is 5.29. The summed E-state index contributed by atoms with van der Waals surface area (Å²) in [5, 5.41) is 13.3. The summed E-state index contributed by atoms with van der Waals surface area (Å²) in [6.07, 6.45) is 2.45. The topological polar surface area (TPSA) is 71.0 Å². The Kier molecular flexibility index (Phi) is 6.29. The fraction of sp³-hybridized carbons (Fsp3) is 0.632. The fourth-order valence-electron chi connectivity index (χ4n) is 3.93. The first kappa shape index (κ1) is 18.2. The number of aliphatic hydroxyl groups is 1. The SMILES string of the molecule is COc1ccccc1CNC(=O)CN1CCC[C@@H]1[C@@H]1COCC[C@@H]1O. The first-order valence-electron chi connectivity index (χ1n) is 9.07. The molecule has 0 aliphatic carbocycles. The second kappa shape index (κ2) is 8.65. The number of carbonyl (C=O) groups is 1. The van der Waals surface area contributed by atoms with E-state index < -0.39 is 0 Å². The van der Waals surface area contributed by atoms with Gasteiger partial charge in [0.15, 0.2) is 0 Å². The smallest absolute Gasteiger partial charge is 0.234 e. The Balaban J connectivity index is 1.53. The summed E-state index contributed by atoms with van der Waals surface area (Å²) in [5.74, 6) is 0.895. The summed E-state index contributed by atoms with van der Waals surface area (Å²) in [6.45, 7) is 2.93. The number of aliphatic hydroxyl groups excluding tert-OH is 1. The van der Waals surface area contributed by atoms with Crippen LogP contribution in [0.4, 0.5) is 0 Å². The van der Waals surface area contributed by atoms with Crippen molar-refractivity contribution in [1.29, 1.82) is 0 Å². The highest BCUT2D eigenvalue weighted by atomic mass is 16.5. The zero-order chi connectivity index (χ0) is 17.6. The number of methoxy groups -OCH3 is 1. The summed E-state index contributed by atoms with van der Waals surface area (Å²) in [5.41, 5.74) is 0.965. The second-order valence-corrected chi connectivity index (χ2v) is 6.86. The Morgan fingerprint density at radius 3 is 3.04 bits per heavy atom. The molecule has 2 heterocycles. The van der Waals surface area contributed by atoms with E-state index in [4.69, 9.17) is 9.47 Å². The first-order chi connectivity index (χ1) is 12.2. The maximum absolute atomic E-state index is 12.4. The number of hydrogen-bond acceptors (Lipinski definition) is 5. The van der Waals surface area contributed by atoms with Crippen molar-refractivity contribution in [3.8, 4) is 5.75 Å². The number of benzene rings is 1. The van der Waals surface area contributed by atoms with E-state index in [1.165, 1.54) is 0 Å². The van der Waals surface area contributed by atoms with Crippen molar-refractivity contribution in [2.45, 2.75) is 38.0 Å². The molecule has 0 spiro atoms. The molecule has 0 radical (unpaired) electrons. The monoisotopic (exact) mass is 348 g/mol. The van der Waals surface area contributed by atoms with E-state index in [2.05, 4.69) is 10.2 Å². The van der Waals surface area contributed by atoms with Gasteiger partial charge in [0.2, 0.25) is 5.91 Å². The van der Waals surface area contributed by atoms with Gasteiger partial charge in [-0.3, -0.25) is 9.69 Å². The maximum atomic E-state index is 12.4. The van der Waals surface area contributed by atoms with E-state index in [1.54, 1.807) is 7.11 Å². The van der Waals surface area contributed by atoms with Gasteiger partial charge in [-0.05, 0) is 31.9 Å². The minimum atomic E-state index is -0.323. The molecule has 2 saturated heterocycles. The zero-order valence-electron chi connectivity index (χ0n) is 14.8. The van der Waals surface area contributed by atoms with Crippen LogP contribution in [-0.4, -0.2) is 61.5 Å². The van der Waals surface area contributed by atoms with Gasteiger partial charge in [-0.25, -0.2) is 0 Å². The number of para-hydroxylation sites is 1. The normalized spacial score (nSPS) is 27.2. The van der Waals surface area contributed by atoms with Gasteiger partial charge in [0.05, 0.1) is 26.4 Å². The number of ether oxygens (including phenoxy) is 2. The van der Waals surface area contributed by atoms with E-state index in [1.807, 2.05) is 24.3 Å². The van der Waals surface area contributed by atoms with Gasteiger partial charge >= 0.3 is 0 Å². The third kappa shape index (κ3) is 4.51. The summed E-state index contributed by atoms with van der Waals surface area (Å²) >= 11 is 0. The van der Waals surface area contributed by atoms with Crippen LogP contribution in [0.25, 0.3) is 0 Å². The van der Waals surface area contributed by atoms with Crippen molar-refractivity contribution in [2.24, 2.45) is 5.92 Å².